The zero-order chi connectivity index (χ0) is 17.2. The lowest BCUT2D eigenvalue weighted by molar-refractivity contribution is 0.248. The Hall–Kier alpha value is -3.26. The molecular weight excluding hydrogens is 320 g/mol. The molecule has 0 unspecified atom stereocenters. The summed E-state index contributed by atoms with van der Waals surface area (Å²) in [5.41, 5.74) is 2.67. The van der Waals surface area contributed by atoms with Crippen molar-refractivity contribution in [1.82, 2.24) is 29.8 Å². The van der Waals surface area contributed by atoms with E-state index < -0.39 is 0 Å². The van der Waals surface area contributed by atoms with Crippen LogP contribution in [0.25, 0.3) is 17.1 Å². The highest BCUT2D eigenvalue weighted by Crippen LogP contribution is 2.23. The van der Waals surface area contributed by atoms with Gasteiger partial charge in [-0.05, 0) is 36.8 Å². The van der Waals surface area contributed by atoms with E-state index in [0.717, 1.165) is 11.3 Å². The molecule has 4 aromatic rings. The second-order valence-electron chi connectivity index (χ2n) is 5.62. The first kappa shape index (κ1) is 15.3. The van der Waals surface area contributed by atoms with Crippen LogP contribution in [-0.4, -0.2) is 34.9 Å². The molecule has 0 spiro atoms. The summed E-state index contributed by atoms with van der Waals surface area (Å²) in [5, 5.41) is 21.5. The van der Waals surface area contributed by atoms with Gasteiger partial charge in [-0.2, -0.15) is 5.10 Å². The van der Waals surface area contributed by atoms with Crippen LogP contribution in [0.3, 0.4) is 0 Å². The first-order valence-electron chi connectivity index (χ1n) is 7.81. The SMILES string of the molecule is C[C@@H](c1ccc(-n2cncn2)cc1)n1cc(-c2ccc(CO)o2)nn1. The van der Waals surface area contributed by atoms with Crippen molar-refractivity contribution in [2.75, 3.05) is 0 Å². The number of rotatable bonds is 5. The van der Waals surface area contributed by atoms with Crippen LogP contribution >= 0.6 is 0 Å². The molecule has 0 fully saturated rings. The van der Waals surface area contributed by atoms with E-state index in [4.69, 9.17) is 9.52 Å². The lowest BCUT2D eigenvalue weighted by Gasteiger charge is -2.12. The van der Waals surface area contributed by atoms with Crippen LogP contribution in [0.5, 0.6) is 0 Å². The lowest BCUT2D eigenvalue weighted by atomic mass is 10.1. The number of aliphatic hydroxyl groups excluding tert-OH is 1. The van der Waals surface area contributed by atoms with Crippen molar-refractivity contribution < 1.29 is 9.52 Å². The Morgan fingerprint density at radius 2 is 2.00 bits per heavy atom. The highest BCUT2D eigenvalue weighted by atomic mass is 16.4. The van der Waals surface area contributed by atoms with E-state index in [1.54, 1.807) is 27.8 Å². The van der Waals surface area contributed by atoms with E-state index in [1.807, 2.05) is 37.4 Å². The van der Waals surface area contributed by atoms with E-state index in [2.05, 4.69) is 20.4 Å². The second kappa shape index (κ2) is 6.33. The van der Waals surface area contributed by atoms with Gasteiger partial charge in [0, 0.05) is 0 Å². The fourth-order valence-electron chi connectivity index (χ4n) is 2.58. The van der Waals surface area contributed by atoms with Crippen molar-refractivity contribution in [3.05, 3.63) is 66.6 Å². The van der Waals surface area contributed by atoms with Crippen LogP contribution < -0.4 is 0 Å². The summed E-state index contributed by atoms with van der Waals surface area (Å²) in [6, 6.07) is 11.5. The van der Waals surface area contributed by atoms with Gasteiger partial charge >= 0.3 is 0 Å². The van der Waals surface area contributed by atoms with Gasteiger partial charge in [-0.25, -0.2) is 14.3 Å². The smallest absolute Gasteiger partial charge is 0.156 e. The highest BCUT2D eigenvalue weighted by molar-refractivity contribution is 5.50. The lowest BCUT2D eigenvalue weighted by Crippen LogP contribution is -2.07. The van der Waals surface area contributed by atoms with Gasteiger partial charge in [-0.15, -0.1) is 5.10 Å². The van der Waals surface area contributed by atoms with Crippen LogP contribution in [0.1, 0.15) is 24.3 Å². The summed E-state index contributed by atoms with van der Waals surface area (Å²) in [6.07, 6.45) is 4.99. The molecule has 0 amide bonds. The number of hydrogen-bond acceptors (Lipinski definition) is 6. The Balaban J connectivity index is 1.55. The Kier molecular flexibility index (Phi) is 3.87. The molecule has 8 heteroatoms. The van der Waals surface area contributed by atoms with Gasteiger partial charge in [-0.1, -0.05) is 17.3 Å². The van der Waals surface area contributed by atoms with Crippen LogP contribution in [0.2, 0.25) is 0 Å². The number of hydrogen-bond donors (Lipinski definition) is 1. The summed E-state index contributed by atoms with van der Waals surface area (Å²) >= 11 is 0. The molecule has 0 aliphatic carbocycles. The first-order valence-corrected chi connectivity index (χ1v) is 7.81. The minimum atomic E-state index is -0.136. The molecule has 0 saturated heterocycles. The Morgan fingerprint density at radius 3 is 2.68 bits per heavy atom. The minimum absolute atomic E-state index is 0.0123. The van der Waals surface area contributed by atoms with Crippen molar-refractivity contribution in [3.8, 4) is 17.1 Å². The van der Waals surface area contributed by atoms with Crippen molar-refractivity contribution in [1.29, 1.82) is 0 Å². The zero-order valence-electron chi connectivity index (χ0n) is 13.5. The third-order valence-corrected chi connectivity index (χ3v) is 4.04. The van der Waals surface area contributed by atoms with E-state index in [0.29, 0.717) is 17.2 Å². The fourth-order valence-corrected chi connectivity index (χ4v) is 2.58. The summed E-state index contributed by atoms with van der Waals surface area (Å²) in [5.74, 6) is 1.09. The Bertz CT molecular complexity index is 955. The molecule has 1 atom stereocenters. The van der Waals surface area contributed by atoms with Gasteiger partial charge in [-0.3, -0.25) is 0 Å². The Labute approximate surface area is 143 Å². The van der Waals surface area contributed by atoms with Crippen molar-refractivity contribution in [3.63, 3.8) is 0 Å². The third kappa shape index (κ3) is 2.94. The number of aromatic nitrogens is 6. The van der Waals surface area contributed by atoms with E-state index >= 15 is 0 Å². The van der Waals surface area contributed by atoms with Gasteiger partial charge in [0.2, 0.25) is 0 Å². The normalized spacial score (nSPS) is 12.4. The van der Waals surface area contributed by atoms with Crippen molar-refractivity contribution >= 4 is 0 Å². The average Bonchev–Trinajstić information content (AvgIpc) is 3.42. The van der Waals surface area contributed by atoms with Crippen molar-refractivity contribution in [2.45, 2.75) is 19.6 Å². The van der Waals surface area contributed by atoms with E-state index in [9.17, 15) is 0 Å². The van der Waals surface area contributed by atoms with Gasteiger partial charge in [0.15, 0.2) is 5.76 Å². The van der Waals surface area contributed by atoms with Gasteiger partial charge < -0.3 is 9.52 Å². The van der Waals surface area contributed by atoms with Crippen LogP contribution in [0.15, 0.2) is 59.7 Å². The number of aliphatic hydroxyl groups is 1. The molecule has 1 aromatic carbocycles. The summed E-state index contributed by atoms with van der Waals surface area (Å²) < 4.78 is 8.98. The number of furan rings is 1. The maximum atomic E-state index is 9.09. The first-order chi connectivity index (χ1) is 12.2. The van der Waals surface area contributed by atoms with Crippen molar-refractivity contribution in [2.24, 2.45) is 0 Å². The minimum Gasteiger partial charge on any atom is -0.457 e. The predicted molar refractivity (Wildman–Crippen MR) is 88.8 cm³/mol. The summed E-state index contributed by atoms with van der Waals surface area (Å²) in [7, 11) is 0. The summed E-state index contributed by atoms with van der Waals surface area (Å²) in [6.45, 7) is 1.91. The Morgan fingerprint density at radius 1 is 1.16 bits per heavy atom. The second-order valence-corrected chi connectivity index (χ2v) is 5.62. The number of benzene rings is 1. The van der Waals surface area contributed by atoms with E-state index in [1.165, 1.54) is 6.33 Å². The molecule has 0 radical (unpaired) electrons. The van der Waals surface area contributed by atoms with Crippen LogP contribution in [-0.2, 0) is 6.61 Å². The van der Waals surface area contributed by atoms with Crippen LogP contribution in [0, 0.1) is 0 Å². The molecule has 8 nitrogen and oxygen atoms in total. The molecule has 126 valence electrons. The third-order valence-electron chi connectivity index (χ3n) is 4.04. The van der Waals surface area contributed by atoms with Gasteiger partial charge in [0.1, 0.15) is 30.7 Å². The monoisotopic (exact) mass is 336 g/mol. The highest BCUT2D eigenvalue weighted by Gasteiger charge is 2.14. The standard InChI is InChI=1S/C17H16N6O2/c1-12(13-2-4-14(5-3-13)23-11-18-10-19-23)22-8-16(20-21-22)17-7-6-15(9-24)25-17/h2-8,10-12,24H,9H2,1H3/t12-/m0/s1. The molecule has 0 aliphatic rings. The largest absolute Gasteiger partial charge is 0.457 e. The molecule has 4 rings (SSSR count). The van der Waals surface area contributed by atoms with E-state index in [-0.39, 0.29) is 12.6 Å². The summed E-state index contributed by atoms with van der Waals surface area (Å²) in [4.78, 5) is 3.95. The maximum Gasteiger partial charge on any atom is 0.156 e. The molecule has 3 aromatic heterocycles. The predicted octanol–water partition coefficient (Wildman–Crippen LogP) is 2.22. The molecule has 0 bridgehead atoms. The molecule has 3 heterocycles. The van der Waals surface area contributed by atoms with Crippen LogP contribution in [0.4, 0.5) is 0 Å². The van der Waals surface area contributed by atoms with Gasteiger partial charge in [0.25, 0.3) is 0 Å². The molecular formula is C17H16N6O2. The quantitative estimate of drug-likeness (QED) is 0.600. The molecule has 0 aliphatic heterocycles. The zero-order valence-corrected chi connectivity index (χ0v) is 13.5. The molecule has 1 N–H and O–H groups in total. The molecule has 0 saturated carbocycles. The fraction of sp³-hybridized carbons (Fsp3) is 0.176. The topological polar surface area (TPSA) is 94.8 Å². The maximum absolute atomic E-state index is 9.09. The number of nitrogens with zero attached hydrogens (tertiary/aromatic N) is 6. The van der Waals surface area contributed by atoms with Gasteiger partial charge in [0.05, 0.1) is 17.9 Å². The average molecular weight is 336 g/mol. The molecule has 25 heavy (non-hydrogen) atoms.